The highest BCUT2D eigenvalue weighted by atomic mass is 35.5. The molecule has 0 spiro atoms. The molecule has 2 heterocycles. The van der Waals surface area contributed by atoms with Crippen molar-refractivity contribution in [2.45, 2.75) is 25.9 Å². The van der Waals surface area contributed by atoms with Crippen LogP contribution >= 0.6 is 11.6 Å². The van der Waals surface area contributed by atoms with Crippen LogP contribution in [0.25, 0.3) is 0 Å². The average molecular weight is 416 g/mol. The lowest BCUT2D eigenvalue weighted by Gasteiger charge is -2.18. The maximum absolute atomic E-state index is 12.4. The van der Waals surface area contributed by atoms with Crippen LogP contribution in [0.1, 0.15) is 18.9 Å². The molecule has 152 valence electrons. The minimum atomic E-state index is -1.01. The summed E-state index contributed by atoms with van der Waals surface area (Å²) in [6, 6.07) is 13.0. The molecule has 2 atom stereocenters. The number of halogens is 1. The molecule has 1 aliphatic heterocycles. The van der Waals surface area contributed by atoms with E-state index in [-0.39, 0.29) is 12.3 Å². The standard InChI is InChI=1S/C21H22ClN3O4/c1-14(20(27)24-18-8-7-17(22)12-23-18)29-21(28)16-11-19(26)25(13-16)10-9-15-5-3-2-4-6-15/h2-8,12,14,16H,9-11,13H2,1H3,(H,23,24,27)/t14-,16-/m0/s1. The minimum absolute atomic E-state index is 0.0784. The van der Waals surface area contributed by atoms with E-state index in [9.17, 15) is 14.4 Å². The van der Waals surface area contributed by atoms with Crippen molar-refractivity contribution in [3.05, 3.63) is 59.2 Å². The van der Waals surface area contributed by atoms with Crippen molar-refractivity contribution in [3.8, 4) is 0 Å². The zero-order valence-corrected chi connectivity index (χ0v) is 16.8. The Morgan fingerprint density at radius 2 is 2.03 bits per heavy atom. The van der Waals surface area contributed by atoms with Gasteiger partial charge in [-0.15, -0.1) is 0 Å². The Labute approximate surface area is 174 Å². The number of rotatable bonds is 7. The molecular formula is C21H22ClN3O4. The highest BCUT2D eigenvalue weighted by Gasteiger charge is 2.36. The summed E-state index contributed by atoms with van der Waals surface area (Å²) in [6.45, 7) is 2.33. The van der Waals surface area contributed by atoms with Gasteiger partial charge in [0.15, 0.2) is 6.10 Å². The third-order valence-corrected chi connectivity index (χ3v) is 4.93. The summed E-state index contributed by atoms with van der Waals surface area (Å²) in [5.74, 6) is -1.39. The number of hydrogen-bond acceptors (Lipinski definition) is 5. The van der Waals surface area contributed by atoms with Gasteiger partial charge in [-0.1, -0.05) is 41.9 Å². The van der Waals surface area contributed by atoms with Gasteiger partial charge in [-0.3, -0.25) is 14.4 Å². The zero-order valence-electron chi connectivity index (χ0n) is 16.0. The largest absolute Gasteiger partial charge is 0.452 e. The molecular weight excluding hydrogens is 394 g/mol. The molecule has 1 fully saturated rings. The van der Waals surface area contributed by atoms with Gasteiger partial charge in [-0.25, -0.2) is 4.98 Å². The average Bonchev–Trinajstić information content (AvgIpc) is 3.09. The van der Waals surface area contributed by atoms with Gasteiger partial charge in [0.2, 0.25) is 5.91 Å². The number of aromatic nitrogens is 1. The Morgan fingerprint density at radius 3 is 2.72 bits per heavy atom. The van der Waals surface area contributed by atoms with Gasteiger partial charge >= 0.3 is 5.97 Å². The number of benzene rings is 1. The van der Waals surface area contributed by atoms with Gasteiger partial charge in [0.1, 0.15) is 5.82 Å². The number of esters is 1. The van der Waals surface area contributed by atoms with Crippen LogP contribution in [0.5, 0.6) is 0 Å². The van der Waals surface area contributed by atoms with Crippen LogP contribution in [0.3, 0.4) is 0 Å². The van der Waals surface area contributed by atoms with E-state index in [2.05, 4.69) is 10.3 Å². The molecule has 2 amide bonds. The fourth-order valence-corrected chi connectivity index (χ4v) is 3.17. The summed E-state index contributed by atoms with van der Waals surface area (Å²) >= 11 is 5.76. The number of nitrogens with one attached hydrogen (secondary N) is 1. The molecule has 0 radical (unpaired) electrons. The van der Waals surface area contributed by atoms with Gasteiger partial charge in [0.05, 0.1) is 10.9 Å². The molecule has 1 aromatic carbocycles. The second-order valence-electron chi connectivity index (χ2n) is 6.91. The molecule has 29 heavy (non-hydrogen) atoms. The maximum atomic E-state index is 12.4. The molecule has 8 heteroatoms. The minimum Gasteiger partial charge on any atom is -0.452 e. The highest BCUT2D eigenvalue weighted by Crippen LogP contribution is 2.20. The third-order valence-electron chi connectivity index (χ3n) is 4.70. The Morgan fingerprint density at radius 1 is 1.28 bits per heavy atom. The lowest BCUT2D eigenvalue weighted by Crippen LogP contribution is -2.33. The summed E-state index contributed by atoms with van der Waals surface area (Å²) in [7, 11) is 0. The second-order valence-corrected chi connectivity index (χ2v) is 7.34. The summed E-state index contributed by atoms with van der Waals surface area (Å²) < 4.78 is 5.27. The van der Waals surface area contributed by atoms with Crippen LogP contribution in [-0.2, 0) is 25.5 Å². The number of ether oxygens (including phenoxy) is 1. The SMILES string of the molecule is C[C@H](OC(=O)[C@H]1CC(=O)N(CCc2ccccc2)C1)C(=O)Nc1ccc(Cl)cn1. The highest BCUT2D eigenvalue weighted by molar-refractivity contribution is 6.30. The predicted molar refractivity (Wildman–Crippen MR) is 108 cm³/mol. The van der Waals surface area contributed by atoms with E-state index in [1.54, 1.807) is 17.0 Å². The second kappa shape index (κ2) is 9.52. The number of amides is 2. The lowest BCUT2D eigenvalue weighted by molar-refractivity contribution is -0.157. The molecule has 0 saturated carbocycles. The normalized spacial score (nSPS) is 17.1. The van der Waals surface area contributed by atoms with Gasteiger partial charge < -0.3 is 15.0 Å². The monoisotopic (exact) mass is 415 g/mol. The predicted octanol–water partition coefficient (Wildman–Crippen LogP) is 2.70. The molecule has 0 aliphatic carbocycles. The van der Waals surface area contributed by atoms with E-state index in [1.807, 2.05) is 30.3 Å². The Bertz CT molecular complexity index is 873. The molecule has 0 unspecified atom stereocenters. The van der Waals surface area contributed by atoms with Crippen LogP contribution < -0.4 is 5.32 Å². The Balaban J connectivity index is 1.47. The molecule has 3 rings (SSSR count). The van der Waals surface area contributed by atoms with E-state index in [0.29, 0.717) is 23.9 Å². The van der Waals surface area contributed by atoms with Crippen LogP contribution in [0.15, 0.2) is 48.7 Å². The van der Waals surface area contributed by atoms with Crippen molar-refractivity contribution in [1.29, 1.82) is 0 Å². The Hall–Kier alpha value is -2.93. The number of nitrogens with zero attached hydrogens (tertiary/aromatic N) is 2. The van der Waals surface area contributed by atoms with Crippen LogP contribution in [0.2, 0.25) is 5.02 Å². The molecule has 1 N–H and O–H groups in total. The quantitative estimate of drug-likeness (QED) is 0.702. The van der Waals surface area contributed by atoms with E-state index < -0.39 is 23.9 Å². The molecule has 1 aliphatic rings. The molecule has 1 aromatic heterocycles. The van der Waals surface area contributed by atoms with Crippen molar-refractivity contribution < 1.29 is 19.1 Å². The topological polar surface area (TPSA) is 88.6 Å². The first kappa shape index (κ1) is 20.8. The summed E-state index contributed by atoms with van der Waals surface area (Å²) in [5, 5.41) is 3.01. The van der Waals surface area contributed by atoms with E-state index >= 15 is 0 Å². The number of carbonyl (C=O) groups excluding carboxylic acids is 3. The number of hydrogen-bond donors (Lipinski definition) is 1. The van der Waals surface area contributed by atoms with Crippen molar-refractivity contribution >= 4 is 35.2 Å². The summed E-state index contributed by atoms with van der Waals surface area (Å²) in [4.78, 5) is 42.5. The number of carbonyl (C=O) groups is 3. The fraction of sp³-hybridized carbons (Fsp3) is 0.333. The summed E-state index contributed by atoms with van der Waals surface area (Å²) in [6.07, 6.45) is 1.22. The van der Waals surface area contributed by atoms with Crippen LogP contribution in [0, 0.1) is 5.92 Å². The molecule has 0 bridgehead atoms. The molecule has 1 saturated heterocycles. The lowest BCUT2D eigenvalue weighted by atomic mass is 10.1. The Kier molecular flexibility index (Phi) is 6.82. The van der Waals surface area contributed by atoms with Crippen molar-refractivity contribution in [3.63, 3.8) is 0 Å². The number of pyridine rings is 1. The van der Waals surface area contributed by atoms with Gasteiger partial charge in [-0.05, 0) is 31.0 Å². The number of anilines is 1. The first-order chi connectivity index (χ1) is 13.9. The van der Waals surface area contributed by atoms with Gasteiger partial charge in [0, 0.05) is 25.7 Å². The van der Waals surface area contributed by atoms with Crippen molar-refractivity contribution in [2.24, 2.45) is 5.92 Å². The van der Waals surface area contributed by atoms with Crippen molar-refractivity contribution in [1.82, 2.24) is 9.88 Å². The zero-order chi connectivity index (χ0) is 20.8. The van der Waals surface area contributed by atoms with Gasteiger partial charge in [0.25, 0.3) is 5.91 Å². The smallest absolute Gasteiger partial charge is 0.312 e. The van der Waals surface area contributed by atoms with Gasteiger partial charge in [-0.2, -0.15) is 0 Å². The summed E-state index contributed by atoms with van der Waals surface area (Å²) in [5.41, 5.74) is 1.13. The third kappa shape index (κ3) is 5.77. The van der Waals surface area contributed by atoms with E-state index in [4.69, 9.17) is 16.3 Å². The van der Waals surface area contributed by atoms with E-state index in [1.165, 1.54) is 13.1 Å². The molecule has 7 nitrogen and oxygen atoms in total. The van der Waals surface area contributed by atoms with Crippen molar-refractivity contribution in [2.75, 3.05) is 18.4 Å². The first-order valence-electron chi connectivity index (χ1n) is 9.37. The van der Waals surface area contributed by atoms with E-state index in [0.717, 1.165) is 12.0 Å². The maximum Gasteiger partial charge on any atom is 0.312 e. The first-order valence-corrected chi connectivity index (χ1v) is 9.75. The van der Waals surface area contributed by atoms with Crippen LogP contribution in [0.4, 0.5) is 5.82 Å². The molecule has 2 aromatic rings. The number of likely N-dealkylation sites (tertiary alicyclic amines) is 1. The fourth-order valence-electron chi connectivity index (χ4n) is 3.06. The van der Waals surface area contributed by atoms with Crippen LogP contribution in [-0.4, -0.2) is 46.9 Å².